The van der Waals surface area contributed by atoms with E-state index in [1.807, 2.05) is 0 Å². The van der Waals surface area contributed by atoms with E-state index in [-0.39, 0.29) is 5.75 Å². The van der Waals surface area contributed by atoms with Crippen LogP contribution in [0.15, 0.2) is 29.2 Å². The number of rotatable bonds is 2. The van der Waals surface area contributed by atoms with Gasteiger partial charge in [0.05, 0.1) is 0 Å². The Morgan fingerprint density at radius 2 is 1.75 bits per heavy atom. The molecule has 0 amide bonds. The first-order chi connectivity index (χ1) is 5.47. The van der Waals surface area contributed by atoms with Gasteiger partial charge in [0.1, 0.15) is 5.75 Å². The molecule has 1 N–H and O–H groups in total. The Bertz CT molecular complexity index is 354. The molecule has 0 aliphatic heterocycles. The van der Waals surface area contributed by atoms with Gasteiger partial charge in [-0.25, -0.2) is 0 Å². The van der Waals surface area contributed by atoms with Crippen molar-refractivity contribution in [3.63, 3.8) is 0 Å². The van der Waals surface area contributed by atoms with Gasteiger partial charge in [-0.2, -0.15) is 8.42 Å². The van der Waals surface area contributed by atoms with Crippen LogP contribution >= 0.6 is 12.6 Å². The van der Waals surface area contributed by atoms with Crippen LogP contribution in [0.3, 0.4) is 0 Å². The second kappa shape index (κ2) is 3.34. The van der Waals surface area contributed by atoms with Crippen molar-refractivity contribution >= 4 is 23.0 Å². The van der Waals surface area contributed by atoms with E-state index in [1.54, 1.807) is 12.1 Å². The minimum atomic E-state index is -4.41. The topological polar surface area (TPSA) is 63.6 Å². The summed E-state index contributed by atoms with van der Waals surface area (Å²) in [5.41, 5.74) is 0. The molecule has 0 radical (unpaired) electrons. The second-order valence-corrected chi connectivity index (χ2v) is 3.54. The van der Waals surface area contributed by atoms with Crippen molar-refractivity contribution in [2.75, 3.05) is 0 Å². The fraction of sp³-hybridized carbons (Fsp3) is 0. The Labute approximate surface area is 75.5 Å². The van der Waals surface area contributed by atoms with Crippen LogP contribution in [0, 0.1) is 0 Å². The van der Waals surface area contributed by atoms with E-state index in [0.717, 1.165) is 0 Å². The first kappa shape index (κ1) is 9.37. The molecule has 0 fully saturated rings. The zero-order chi connectivity index (χ0) is 9.19. The summed E-state index contributed by atoms with van der Waals surface area (Å²) in [7, 11) is -4.41. The van der Waals surface area contributed by atoms with E-state index in [2.05, 4.69) is 16.8 Å². The SMILES string of the molecule is O=S(=O)(O)Oc1ccc(S)cc1. The van der Waals surface area contributed by atoms with Gasteiger partial charge in [0.15, 0.2) is 0 Å². The van der Waals surface area contributed by atoms with Crippen molar-refractivity contribution in [1.82, 2.24) is 0 Å². The molecule has 66 valence electrons. The summed E-state index contributed by atoms with van der Waals surface area (Å²) in [6.07, 6.45) is 0. The Kier molecular flexibility index (Phi) is 2.61. The molecular weight excluding hydrogens is 200 g/mol. The summed E-state index contributed by atoms with van der Waals surface area (Å²) in [5, 5.41) is 0. The highest BCUT2D eigenvalue weighted by Crippen LogP contribution is 2.15. The second-order valence-electron chi connectivity index (χ2n) is 2.00. The van der Waals surface area contributed by atoms with Gasteiger partial charge >= 0.3 is 10.4 Å². The molecule has 0 aliphatic rings. The fourth-order valence-electron chi connectivity index (χ4n) is 0.623. The van der Waals surface area contributed by atoms with Crippen LogP contribution in [0.5, 0.6) is 5.75 Å². The van der Waals surface area contributed by atoms with E-state index in [0.29, 0.717) is 4.90 Å². The van der Waals surface area contributed by atoms with Gasteiger partial charge in [-0.3, -0.25) is 4.55 Å². The fourth-order valence-corrected chi connectivity index (χ4v) is 1.13. The van der Waals surface area contributed by atoms with Crippen molar-refractivity contribution in [1.29, 1.82) is 0 Å². The Morgan fingerprint density at radius 1 is 1.25 bits per heavy atom. The van der Waals surface area contributed by atoms with Gasteiger partial charge in [-0.15, -0.1) is 12.6 Å². The van der Waals surface area contributed by atoms with E-state index in [4.69, 9.17) is 4.55 Å². The summed E-state index contributed by atoms with van der Waals surface area (Å²) in [6, 6.07) is 5.86. The molecule has 0 aliphatic carbocycles. The largest absolute Gasteiger partial charge is 0.446 e. The maximum atomic E-state index is 10.2. The predicted octanol–water partition coefficient (Wildman–Crippen LogP) is 1.16. The molecule has 0 saturated carbocycles. The van der Waals surface area contributed by atoms with Gasteiger partial charge in [-0.05, 0) is 24.3 Å². The molecule has 1 aromatic carbocycles. The molecule has 0 spiro atoms. The van der Waals surface area contributed by atoms with E-state index in [9.17, 15) is 8.42 Å². The van der Waals surface area contributed by atoms with Gasteiger partial charge in [0, 0.05) is 4.90 Å². The Balaban J connectivity index is 2.85. The summed E-state index contributed by atoms with van der Waals surface area (Å²) < 4.78 is 32.8. The Morgan fingerprint density at radius 3 is 2.17 bits per heavy atom. The lowest BCUT2D eigenvalue weighted by atomic mass is 10.3. The van der Waals surface area contributed by atoms with Crippen molar-refractivity contribution in [2.24, 2.45) is 0 Å². The van der Waals surface area contributed by atoms with Crippen molar-refractivity contribution < 1.29 is 17.2 Å². The summed E-state index contributed by atoms with van der Waals surface area (Å²) >= 11 is 3.98. The lowest BCUT2D eigenvalue weighted by molar-refractivity contribution is 0.386. The molecule has 0 bridgehead atoms. The molecule has 0 aromatic heterocycles. The summed E-state index contributed by atoms with van der Waals surface area (Å²) in [4.78, 5) is 0.678. The van der Waals surface area contributed by atoms with Gasteiger partial charge in [0.25, 0.3) is 0 Å². The van der Waals surface area contributed by atoms with Crippen LogP contribution in [-0.2, 0) is 10.4 Å². The summed E-state index contributed by atoms with van der Waals surface area (Å²) in [5.74, 6) is 0.0512. The number of thiol groups is 1. The minimum Gasteiger partial charge on any atom is -0.362 e. The van der Waals surface area contributed by atoms with Crippen LogP contribution in [0.1, 0.15) is 0 Å². The zero-order valence-electron chi connectivity index (χ0n) is 5.84. The highest BCUT2D eigenvalue weighted by Gasteiger charge is 2.05. The summed E-state index contributed by atoms with van der Waals surface area (Å²) in [6.45, 7) is 0. The minimum absolute atomic E-state index is 0.0512. The lowest BCUT2D eigenvalue weighted by Crippen LogP contribution is -2.06. The first-order valence-corrected chi connectivity index (χ1v) is 4.74. The maximum absolute atomic E-state index is 10.2. The van der Waals surface area contributed by atoms with E-state index in [1.165, 1.54) is 12.1 Å². The smallest absolute Gasteiger partial charge is 0.362 e. The van der Waals surface area contributed by atoms with Crippen LogP contribution in [0.25, 0.3) is 0 Å². The highest BCUT2D eigenvalue weighted by molar-refractivity contribution is 7.81. The molecule has 0 saturated heterocycles. The van der Waals surface area contributed by atoms with Crippen molar-refractivity contribution in [3.8, 4) is 5.75 Å². The quantitative estimate of drug-likeness (QED) is 0.563. The maximum Gasteiger partial charge on any atom is 0.446 e. The molecule has 4 nitrogen and oxygen atoms in total. The van der Waals surface area contributed by atoms with Crippen LogP contribution in [-0.4, -0.2) is 13.0 Å². The van der Waals surface area contributed by atoms with Crippen LogP contribution < -0.4 is 4.18 Å². The monoisotopic (exact) mass is 206 g/mol. The molecule has 1 rings (SSSR count). The molecule has 0 atom stereocenters. The molecule has 12 heavy (non-hydrogen) atoms. The Hall–Kier alpha value is -0.720. The molecule has 6 heteroatoms. The average Bonchev–Trinajstić information content (AvgIpc) is 1.91. The zero-order valence-corrected chi connectivity index (χ0v) is 7.55. The third kappa shape index (κ3) is 3.12. The van der Waals surface area contributed by atoms with Gasteiger partial charge < -0.3 is 4.18 Å². The average molecular weight is 206 g/mol. The van der Waals surface area contributed by atoms with Crippen molar-refractivity contribution in [2.45, 2.75) is 4.90 Å². The highest BCUT2D eigenvalue weighted by atomic mass is 32.3. The van der Waals surface area contributed by atoms with Gasteiger partial charge in [-0.1, -0.05) is 0 Å². The number of hydrogen-bond donors (Lipinski definition) is 2. The molecular formula is C6H6O4S2. The third-order valence-corrected chi connectivity index (χ3v) is 1.74. The van der Waals surface area contributed by atoms with Crippen LogP contribution in [0.4, 0.5) is 0 Å². The third-order valence-electron chi connectivity index (χ3n) is 1.04. The standard InChI is InChI=1S/C6H6O4S2/c7-12(8,9)10-5-1-3-6(11)4-2-5/h1-4,11H,(H,7,8,9). The normalized spacial score (nSPS) is 11.2. The lowest BCUT2D eigenvalue weighted by Gasteiger charge is -1.99. The predicted molar refractivity (Wildman–Crippen MR) is 45.9 cm³/mol. The van der Waals surface area contributed by atoms with Crippen molar-refractivity contribution in [3.05, 3.63) is 24.3 Å². The van der Waals surface area contributed by atoms with E-state index >= 15 is 0 Å². The van der Waals surface area contributed by atoms with Gasteiger partial charge in [0.2, 0.25) is 0 Å². The van der Waals surface area contributed by atoms with E-state index < -0.39 is 10.4 Å². The van der Waals surface area contributed by atoms with Crippen LogP contribution in [0.2, 0.25) is 0 Å². The molecule has 1 aromatic rings. The number of benzene rings is 1. The number of hydrogen-bond acceptors (Lipinski definition) is 4. The molecule has 0 heterocycles. The molecule has 0 unspecified atom stereocenters. The first-order valence-electron chi connectivity index (χ1n) is 2.93.